The number of alkyl halides is 2. The molecule has 0 saturated carbocycles. The van der Waals surface area contributed by atoms with Crippen molar-refractivity contribution in [2.45, 2.75) is 57.8 Å². The van der Waals surface area contributed by atoms with Gasteiger partial charge in [0.25, 0.3) is 0 Å². The third-order valence-corrected chi connectivity index (χ3v) is 1.92. The molecule has 0 aliphatic rings. The maximum absolute atomic E-state index is 11.7. The molecule has 3 heteroatoms. The molecule has 0 aromatic rings. The van der Waals surface area contributed by atoms with Crippen LogP contribution in [0.4, 0.5) is 8.78 Å². The number of hydrogen-bond donors (Lipinski definition) is 0. The second-order valence-electron chi connectivity index (χ2n) is 3.15. The van der Waals surface area contributed by atoms with Gasteiger partial charge in [-0.15, -0.1) is 0 Å². The van der Waals surface area contributed by atoms with Gasteiger partial charge < -0.3 is 6.92 Å². The Balaban J connectivity index is 0. The van der Waals surface area contributed by atoms with E-state index in [1.54, 1.807) is 0 Å². The van der Waals surface area contributed by atoms with Crippen LogP contribution < -0.4 is 29.6 Å². The average Bonchev–Trinajstić information content (AvgIpc) is 2.02. The minimum Gasteiger partial charge on any atom is -0.343 e. The summed E-state index contributed by atoms with van der Waals surface area (Å²) < 4.78 is 23.3. The van der Waals surface area contributed by atoms with Crippen LogP contribution in [-0.4, -0.2) is 6.43 Å². The summed E-state index contributed by atoms with van der Waals surface area (Å²) in [5, 5.41) is 0. The summed E-state index contributed by atoms with van der Waals surface area (Å²) in [6, 6.07) is 0. The topological polar surface area (TPSA) is 0 Å². The molecular formula is C10H19F2Na. The minimum atomic E-state index is -2.11. The minimum absolute atomic E-state index is 0. The molecule has 0 saturated heterocycles. The van der Waals surface area contributed by atoms with Gasteiger partial charge in [-0.25, -0.2) is 8.78 Å². The van der Waals surface area contributed by atoms with Gasteiger partial charge in [-0.05, 0) is 6.42 Å². The Morgan fingerprint density at radius 2 is 1.31 bits per heavy atom. The van der Waals surface area contributed by atoms with Crippen LogP contribution in [0.25, 0.3) is 0 Å². The summed E-state index contributed by atoms with van der Waals surface area (Å²) in [7, 11) is 0. The first kappa shape index (κ1) is 16.3. The molecule has 0 spiro atoms. The van der Waals surface area contributed by atoms with Crippen molar-refractivity contribution in [2.24, 2.45) is 0 Å². The van der Waals surface area contributed by atoms with Crippen LogP contribution in [0.2, 0.25) is 0 Å². The quantitative estimate of drug-likeness (QED) is 0.314. The fourth-order valence-corrected chi connectivity index (χ4v) is 1.18. The van der Waals surface area contributed by atoms with Gasteiger partial charge >= 0.3 is 29.6 Å². The number of unbranched alkanes of at least 4 members (excludes halogenated alkanes) is 6. The Hall–Kier alpha value is 0.860. The van der Waals surface area contributed by atoms with Gasteiger partial charge in [-0.1, -0.05) is 32.1 Å². The molecule has 0 aromatic carbocycles. The molecule has 0 aliphatic carbocycles. The third-order valence-electron chi connectivity index (χ3n) is 1.92. The second-order valence-corrected chi connectivity index (χ2v) is 3.15. The van der Waals surface area contributed by atoms with E-state index >= 15 is 0 Å². The first-order valence-electron chi connectivity index (χ1n) is 4.84. The van der Waals surface area contributed by atoms with Crippen molar-refractivity contribution >= 4 is 0 Å². The SMILES string of the molecule is [CH2-]CCCCCCCCC(F)F.[Na+]. The zero-order valence-corrected chi connectivity index (χ0v) is 10.7. The van der Waals surface area contributed by atoms with Gasteiger partial charge in [0, 0.05) is 6.42 Å². The van der Waals surface area contributed by atoms with E-state index in [-0.39, 0.29) is 36.0 Å². The maximum Gasteiger partial charge on any atom is 1.00 e. The Morgan fingerprint density at radius 3 is 1.77 bits per heavy atom. The van der Waals surface area contributed by atoms with Crippen molar-refractivity contribution in [3.05, 3.63) is 6.92 Å². The zero-order chi connectivity index (χ0) is 9.23. The fraction of sp³-hybridized carbons (Fsp3) is 0.900. The summed E-state index contributed by atoms with van der Waals surface area (Å²) >= 11 is 0. The first-order chi connectivity index (χ1) is 5.77. The Morgan fingerprint density at radius 1 is 0.846 bits per heavy atom. The Labute approximate surface area is 103 Å². The second kappa shape index (κ2) is 12.9. The van der Waals surface area contributed by atoms with Gasteiger partial charge in [0.1, 0.15) is 0 Å². The van der Waals surface area contributed by atoms with E-state index in [1.807, 2.05) is 0 Å². The molecular weight excluding hydrogens is 181 g/mol. The molecule has 0 amide bonds. The zero-order valence-electron chi connectivity index (χ0n) is 8.70. The molecule has 0 atom stereocenters. The molecule has 74 valence electrons. The van der Waals surface area contributed by atoms with E-state index in [4.69, 9.17) is 0 Å². The van der Waals surface area contributed by atoms with Crippen molar-refractivity contribution in [1.29, 1.82) is 0 Å². The number of halogens is 2. The summed E-state index contributed by atoms with van der Waals surface area (Å²) in [6.07, 6.45) is 5.28. The summed E-state index contributed by atoms with van der Waals surface area (Å²) in [5.74, 6) is 0. The first-order valence-corrected chi connectivity index (χ1v) is 4.84. The van der Waals surface area contributed by atoms with E-state index in [2.05, 4.69) is 6.92 Å². The predicted octanol–water partition coefficient (Wildman–Crippen LogP) is 1.21. The molecule has 0 aromatic heterocycles. The van der Waals surface area contributed by atoms with Crippen molar-refractivity contribution in [3.63, 3.8) is 0 Å². The molecule has 0 unspecified atom stereocenters. The molecule has 0 nitrogen and oxygen atoms in total. The molecule has 0 radical (unpaired) electrons. The summed E-state index contributed by atoms with van der Waals surface area (Å²) in [6.45, 7) is 3.74. The van der Waals surface area contributed by atoms with Gasteiger partial charge in [-0.2, -0.15) is 6.42 Å². The van der Waals surface area contributed by atoms with E-state index in [0.717, 1.165) is 19.3 Å². The Bertz CT molecular complexity index is 87.0. The van der Waals surface area contributed by atoms with Gasteiger partial charge in [-0.3, -0.25) is 0 Å². The summed E-state index contributed by atoms with van der Waals surface area (Å²) in [5.41, 5.74) is 0. The average molecular weight is 200 g/mol. The third kappa shape index (κ3) is 15.6. The van der Waals surface area contributed by atoms with Gasteiger partial charge in [0.2, 0.25) is 6.43 Å². The molecule has 0 rings (SSSR count). The molecule has 0 N–H and O–H groups in total. The van der Waals surface area contributed by atoms with Crippen molar-refractivity contribution < 1.29 is 38.3 Å². The standard InChI is InChI=1S/C10H19F2.Na/c1-2-3-4-5-6-7-8-9-10(11)12;/h10H,1-9H2;/q-1;+1. The van der Waals surface area contributed by atoms with Crippen LogP contribution in [0.3, 0.4) is 0 Å². The van der Waals surface area contributed by atoms with Crippen LogP contribution in [0, 0.1) is 6.92 Å². The van der Waals surface area contributed by atoms with E-state index in [0.29, 0.717) is 6.42 Å². The van der Waals surface area contributed by atoms with Crippen molar-refractivity contribution in [1.82, 2.24) is 0 Å². The van der Waals surface area contributed by atoms with E-state index in [9.17, 15) is 8.78 Å². The number of hydrogen-bond acceptors (Lipinski definition) is 0. The molecule has 0 aliphatic heterocycles. The van der Waals surface area contributed by atoms with E-state index in [1.165, 1.54) is 19.3 Å². The van der Waals surface area contributed by atoms with E-state index < -0.39 is 6.43 Å². The fourth-order valence-electron chi connectivity index (χ4n) is 1.18. The van der Waals surface area contributed by atoms with Crippen LogP contribution in [0.5, 0.6) is 0 Å². The monoisotopic (exact) mass is 200 g/mol. The molecule has 0 fully saturated rings. The van der Waals surface area contributed by atoms with Crippen LogP contribution >= 0.6 is 0 Å². The van der Waals surface area contributed by atoms with Crippen LogP contribution in [-0.2, 0) is 0 Å². The normalized spacial score (nSPS) is 10.2. The molecule has 0 bridgehead atoms. The predicted molar refractivity (Wildman–Crippen MR) is 48.3 cm³/mol. The maximum atomic E-state index is 11.7. The van der Waals surface area contributed by atoms with Crippen LogP contribution in [0.15, 0.2) is 0 Å². The van der Waals surface area contributed by atoms with Gasteiger partial charge in [0.05, 0.1) is 0 Å². The van der Waals surface area contributed by atoms with Gasteiger partial charge in [0.15, 0.2) is 0 Å². The molecule has 13 heavy (non-hydrogen) atoms. The smallest absolute Gasteiger partial charge is 0.343 e. The van der Waals surface area contributed by atoms with Crippen LogP contribution in [0.1, 0.15) is 51.4 Å². The number of rotatable bonds is 8. The Kier molecular flexibility index (Phi) is 16.1. The van der Waals surface area contributed by atoms with Crippen molar-refractivity contribution in [2.75, 3.05) is 0 Å². The molecule has 0 heterocycles. The van der Waals surface area contributed by atoms with Crippen molar-refractivity contribution in [3.8, 4) is 0 Å². The largest absolute Gasteiger partial charge is 1.00 e. The summed E-state index contributed by atoms with van der Waals surface area (Å²) in [4.78, 5) is 0.